The van der Waals surface area contributed by atoms with Crippen molar-refractivity contribution in [1.82, 2.24) is 0 Å². The smallest absolute Gasteiger partial charge is 0.302 e. The molecule has 1 aromatic carbocycles. The fourth-order valence-corrected chi connectivity index (χ4v) is 2.54. The molecule has 1 heterocycles. The lowest BCUT2D eigenvalue weighted by atomic mass is 10.0. The first-order chi connectivity index (χ1) is 11.2. The molecule has 2 rings (SSSR count). The Hall–Kier alpha value is -1.65. The summed E-state index contributed by atoms with van der Waals surface area (Å²) in [5.41, 5.74) is 2.30. The van der Waals surface area contributed by atoms with Gasteiger partial charge < -0.3 is 14.2 Å². The van der Waals surface area contributed by atoms with Gasteiger partial charge in [0.25, 0.3) is 0 Å². The number of unbranched alkanes of at least 4 members (excludes halogenated alkanes) is 2. The third-order valence-electron chi connectivity index (χ3n) is 3.75. The van der Waals surface area contributed by atoms with Crippen LogP contribution < -0.4 is 0 Å². The van der Waals surface area contributed by atoms with Gasteiger partial charge in [0.05, 0.1) is 6.61 Å². The average Bonchev–Trinajstić information content (AvgIpc) is 3.02. The van der Waals surface area contributed by atoms with E-state index in [1.54, 1.807) is 0 Å². The first-order valence-corrected chi connectivity index (χ1v) is 8.35. The molecule has 23 heavy (non-hydrogen) atoms. The molecule has 126 valence electrons. The summed E-state index contributed by atoms with van der Waals surface area (Å²) in [6.45, 7) is 4.30. The molecule has 1 saturated heterocycles. The van der Waals surface area contributed by atoms with Crippen LogP contribution in [0.3, 0.4) is 0 Å². The van der Waals surface area contributed by atoms with Crippen LogP contribution in [0.15, 0.2) is 35.9 Å². The van der Waals surface area contributed by atoms with Crippen molar-refractivity contribution in [3.05, 3.63) is 41.5 Å². The molecular weight excluding hydrogens is 292 g/mol. The van der Waals surface area contributed by atoms with Gasteiger partial charge in [-0.1, -0.05) is 56.2 Å². The van der Waals surface area contributed by atoms with Crippen LogP contribution in [0.1, 0.15) is 45.1 Å². The van der Waals surface area contributed by atoms with E-state index in [0.29, 0.717) is 6.61 Å². The van der Waals surface area contributed by atoms with Crippen molar-refractivity contribution in [3.8, 4) is 0 Å². The molecule has 1 aliphatic rings. The first kappa shape index (κ1) is 17.7. The maximum absolute atomic E-state index is 10.9. The van der Waals surface area contributed by atoms with Crippen molar-refractivity contribution in [2.24, 2.45) is 0 Å². The van der Waals surface area contributed by atoms with Gasteiger partial charge in [-0.05, 0) is 24.0 Å². The number of carbonyl (C=O) groups is 1. The van der Waals surface area contributed by atoms with E-state index in [-0.39, 0.29) is 25.0 Å². The molecule has 0 radical (unpaired) electrons. The minimum absolute atomic E-state index is 0.186. The lowest BCUT2D eigenvalue weighted by molar-refractivity contribution is -0.144. The highest BCUT2D eigenvalue weighted by molar-refractivity contribution is 5.65. The predicted octanol–water partition coefficient (Wildman–Crippen LogP) is 3.95. The topological polar surface area (TPSA) is 44.8 Å². The van der Waals surface area contributed by atoms with Crippen molar-refractivity contribution in [3.63, 3.8) is 0 Å². The second kappa shape index (κ2) is 9.48. The van der Waals surface area contributed by atoms with Gasteiger partial charge >= 0.3 is 5.97 Å². The van der Waals surface area contributed by atoms with Gasteiger partial charge in [0, 0.05) is 6.92 Å². The van der Waals surface area contributed by atoms with Crippen LogP contribution in [-0.2, 0) is 19.0 Å². The molecule has 0 aromatic heterocycles. The molecule has 4 nitrogen and oxygen atoms in total. The third-order valence-corrected chi connectivity index (χ3v) is 3.75. The van der Waals surface area contributed by atoms with E-state index in [0.717, 1.165) is 24.0 Å². The van der Waals surface area contributed by atoms with Crippen LogP contribution in [0.2, 0.25) is 0 Å². The minimum Gasteiger partial charge on any atom is -0.463 e. The molecule has 0 N–H and O–H groups in total. The normalized spacial score (nSPS) is 21.4. The largest absolute Gasteiger partial charge is 0.463 e. The van der Waals surface area contributed by atoms with Crippen LogP contribution in [-0.4, -0.2) is 31.6 Å². The highest BCUT2D eigenvalue weighted by Gasteiger charge is 2.29. The molecule has 2 atom stereocenters. The second-order valence-corrected chi connectivity index (χ2v) is 5.81. The zero-order valence-corrected chi connectivity index (χ0v) is 14.0. The zero-order valence-electron chi connectivity index (χ0n) is 14.0. The molecule has 1 fully saturated rings. The molecular formula is C19H26O4. The Kier molecular flexibility index (Phi) is 7.30. The highest BCUT2D eigenvalue weighted by Crippen LogP contribution is 2.25. The van der Waals surface area contributed by atoms with Gasteiger partial charge in [-0.25, -0.2) is 0 Å². The number of hydrogen-bond acceptors (Lipinski definition) is 4. The average molecular weight is 318 g/mol. The SMILES string of the molecule is CCCCC/C(=C\c1ccccc1)C1OCC(COC(C)=O)O1. The Morgan fingerprint density at radius 2 is 2.09 bits per heavy atom. The molecule has 1 aromatic rings. The monoisotopic (exact) mass is 318 g/mol. The van der Waals surface area contributed by atoms with E-state index in [9.17, 15) is 4.79 Å². The van der Waals surface area contributed by atoms with Crippen molar-refractivity contribution in [2.45, 2.75) is 51.9 Å². The molecule has 0 spiro atoms. The molecule has 0 aliphatic carbocycles. The lowest BCUT2D eigenvalue weighted by Gasteiger charge is -2.16. The number of rotatable bonds is 8. The van der Waals surface area contributed by atoms with E-state index in [2.05, 4.69) is 25.1 Å². The Morgan fingerprint density at radius 1 is 1.30 bits per heavy atom. The standard InChI is InChI=1S/C19H26O4/c1-3-4-6-11-17(12-16-9-7-5-8-10-16)19-22-14-18(23-19)13-21-15(2)20/h5,7-10,12,18-19H,3-4,6,11,13-14H2,1-2H3/b17-12+. The summed E-state index contributed by atoms with van der Waals surface area (Å²) in [4.78, 5) is 10.9. The van der Waals surface area contributed by atoms with Crippen molar-refractivity contribution < 1.29 is 19.0 Å². The molecule has 0 saturated carbocycles. The number of benzene rings is 1. The van der Waals surface area contributed by atoms with Gasteiger partial charge in [0.1, 0.15) is 12.7 Å². The fourth-order valence-electron chi connectivity index (χ4n) is 2.54. The molecule has 0 amide bonds. The Bertz CT molecular complexity index is 509. The van der Waals surface area contributed by atoms with E-state index in [1.807, 2.05) is 18.2 Å². The summed E-state index contributed by atoms with van der Waals surface area (Å²) < 4.78 is 16.7. The summed E-state index contributed by atoms with van der Waals surface area (Å²) in [6.07, 6.45) is 6.06. The fraction of sp³-hybridized carbons (Fsp3) is 0.526. The number of ether oxygens (including phenoxy) is 3. The number of hydrogen-bond donors (Lipinski definition) is 0. The van der Waals surface area contributed by atoms with Crippen LogP contribution in [0, 0.1) is 0 Å². The predicted molar refractivity (Wildman–Crippen MR) is 89.8 cm³/mol. The Labute approximate surface area is 138 Å². The third kappa shape index (κ3) is 6.16. The van der Waals surface area contributed by atoms with E-state index in [4.69, 9.17) is 14.2 Å². The van der Waals surface area contributed by atoms with E-state index >= 15 is 0 Å². The van der Waals surface area contributed by atoms with E-state index in [1.165, 1.54) is 19.8 Å². The van der Waals surface area contributed by atoms with E-state index < -0.39 is 0 Å². The number of esters is 1. The van der Waals surface area contributed by atoms with Crippen LogP contribution in [0.4, 0.5) is 0 Å². The number of carbonyl (C=O) groups excluding carboxylic acids is 1. The Morgan fingerprint density at radius 3 is 2.78 bits per heavy atom. The van der Waals surface area contributed by atoms with Crippen molar-refractivity contribution in [1.29, 1.82) is 0 Å². The highest BCUT2D eigenvalue weighted by atomic mass is 16.7. The molecule has 4 heteroatoms. The lowest BCUT2D eigenvalue weighted by Crippen LogP contribution is -2.21. The summed E-state index contributed by atoms with van der Waals surface area (Å²) in [7, 11) is 0. The van der Waals surface area contributed by atoms with Crippen molar-refractivity contribution >= 4 is 12.0 Å². The minimum atomic E-state index is -0.340. The summed E-state index contributed by atoms with van der Waals surface area (Å²) in [5, 5.41) is 0. The summed E-state index contributed by atoms with van der Waals surface area (Å²) in [5.74, 6) is -0.292. The second-order valence-electron chi connectivity index (χ2n) is 5.81. The zero-order chi connectivity index (χ0) is 16.5. The maximum Gasteiger partial charge on any atom is 0.302 e. The summed E-state index contributed by atoms with van der Waals surface area (Å²) in [6, 6.07) is 10.2. The van der Waals surface area contributed by atoms with Gasteiger partial charge in [-0.15, -0.1) is 0 Å². The van der Waals surface area contributed by atoms with Gasteiger partial charge in [-0.3, -0.25) is 4.79 Å². The molecule has 1 aliphatic heterocycles. The van der Waals surface area contributed by atoms with Gasteiger partial charge in [0.15, 0.2) is 6.29 Å². The molecule has 2 unspecified atom stereocenters. The van der Waals surface area contributed by atoms with Crippen LogP contribution in [0.25, 0.3) is 6.08 Å². The quantitative estimate of drug-likeness (QED) is 0.538. The summed E-state index contributed by atoms with van der Waals surface area (Å²) >= 11 is 0. The first-order valence-electron chi connectivity index (χ1n) is 8.35. The Balaban J connectivity index is 1.99. The van der Waals surface area contributed by atoms with Crippen LogP contribution >= 0.6 is 0 Å². The van der Waals surface area contributed by atoms with Crippen molar-refractivity contribution in [2.75, 3.05) is 13.2 Å². The van der Waals surface area contributed by atoms with Crippen LogP contribution in [0.5, 0.6) is 0 Å². The van der Waals surface area contributed by atoms with Gasteiger partial charge in [-0.2, -0.15) is 0 Å². The maximum atomic E-state index is 10.9. The van der Waals surface area contributed by atoms with Gasteiger partial charge in [0.2, 0.25) is 0 Å². The molecule has 0 bridgehead atoms.